The molecule has 2 aliphatic rings. The zero-order chi connectivity index (χ0) is 49.6. The Balaban J connectivity index is 1.39. The molecular formula is C57H84O9SSi2. The van der Waals surface area contributed by atoms with Crippen LogP contribution in [0.2, 0.25) is 34.8 Å². The van der Waals surface area contributed by atoms with Crippen LogP contribution in [-0.2, 0) is 68.4 Å². The van der Waals surface area contributed by atoms with E-state index in [-0.39, 0.29) is 5.04 Å². The van der Waals surface area contributed by atoms with Crippen LogP contribution in [0.25, 0.3) is 0 Å². The second-order valence-electron chi connectivity index (χ2n) is 21.3. The van der Waals surface area contributed by atoms with Crippen LogP contribution in [0, 0.1) is 0 Å². The summed E-state index contributed by atoms with van der Waals surface area (Å²) in [6.07, 6.45) is -3.76. The van der Waals surface area contributed by atoms with E-state index in [9.17, 15) is 0 Å². The highest BCUT2D eigenvalue weighted by atomic mass is 32.2. The van der Waals surface area contributed by atoms with Crippen molar-refractivity contribution in [1.82, 2.24) is 0 Å². The highest BCUT2D eigenvalue weighted by Crippen LogP contribution is 2.44. The third-order valence-electron chi connectivity index (χ3n) is 14.5. The van der Waals surface area contributed by atoms with Gasteiger partial charge in [0.15, 0.2) is 22.9 Å². The maximum atomic E-state index is 7.44. The minimum absolute atomic E-state index is 0.0104. The summed E-state index contributed by atoms with van der Waals surface area (Å²) in [6, 6.07) is 41.3. The fourth-order valence-corrected chi connectivity index (χ4v) is 17.2. The standard InChI is InChI=1S/C57H84O9SSi2/c1-13-67-56-55(54(61-38-47-32-24-17-25-33-47)53(60-37-46-30-22-16-23-31-46)50(65-56)39-62-68(11,12)57(8,9)10)66-51-34-48(58-35-44-26-18-14-19-27-44)52(59-36-45-28-20-15-21-29-45)49(64-51)40-63-69(41(2)3,42(4)5)43(6)7/h14-33,41-43,48-56H,13,34-40H2,1-12H3/t48-,49+,50+,51+,52+,53+,54-,55+,56-/m0/s1. The van der Waals surface area contributed by atoms with Gasteiger partial charge in [-0.3, -0.25) is 0 Å². The van der Waals surface area contributed by atoms with E-state index < -0.39 is 71.1 Å². The average molecular weight is 1000 g/mol. The highest BCUT2D eigenvalue weighted by Gasteiger charge is 2.53. The first-order valence-corrected chi connectivity index (χ1v) is 31.6. The second kappa shape index (κ2) is 26.3. The van der Waals surface area contributed by atoms with Gasteiger partial charge < -0.3 is 42.0 Å². The fourth-order valence-electron chi connectivity index (χ4n) is 9.82. The van der Waals surface area contributed by atoms with E-state index in [4.69, 9.17) is 42.0 Å². The molecule has 380 valence electrons. The van der Waals surface area contributed by atoms with Crippen LogP contribution < -0.4 is 0 Å². The molecule has 69 heavy (non-hydrogen) atoms. The van der Waals surface area contributed by atoms with E-state index in [1.54, 1.807) is 11.8 Å². The Morgan fingerprint density at radius 2 is 0.942 bits per heavy atom. The van der Waals surface area contributed by atoms with E-state index in [2.05, 4.69) is 131 Å². The smallest absolute Gasteiger partial charge is 0.200 e. The molecule has 9 atom stereocenters. The zero-order valence-electron chi connectivity index (χ0n) is 43.7. The summed E-state index contributed by atoms with van der Waals surface area (Å²) >= 11 is 1.71. The monoisotopic (exact) mass is 1000 g/mol. The molecule has 0 aliphatic carbocycles. The lowest BCUT2D eigenvalue weighted by Crippen LogP contribution is -2.63. The molecule has 2 heterocycles. The Labute approximate surface area is 422 Å². The minimum atomic E-state index is -2.33. The summed E-state index contributed by atoms with van der Waals surface area (Å²) in [5.41, 5.74) is 5.03. The normalized spacial score (nSPS) is 24.9. The third-order valence-corrected chi connectivity index (χ3v) is 26.1. The molecule has 2 saturated heterocycles. The molecule has 0 bridgehead atoms. The van der Waals surface area contributed by atoms with Crippen LogP contribution in [0.4, 0.5) is 0 Å². The van der Waals surface area contributed by atoms with Gasteiger partial charge in [0.05, 0.1) is 45.7 Å². The van der Waals surface area contributed by atoms with Crippen LogP contribution in [0.5, 0.6) is 0 Å². The molecular weight excluding hydrogens is 917 g/mol. The second-order valence-corrected chi connectivity index (χ2v) is 32.9. The van der Waals surface area contributed by atoms with E-state index in [0.29, 0.717) is 62.7 Å². The van der Waals surface area contributed by atoms with Gasteiger partial charge in [-0.2, -0.15) is 0 Å². The zero-order valence-corrected chi connectivity index (χ0v) is 46.5. The largest absolute Gasteiger partial charge is 0.414 e. The van der Waals surface area contributed by atoms with Crippen molar-refractivity contribution in [2.75, 3.05) is 19.0 Å². The van der Waals surface area contributed by atoms with Crippen molar-refractivity contribution in [1.29, 1.82) is 0 Å². The van der Waals surface area contributed by atoms with Gasteiger partial charge >= 0.3 is 0 Å². The summed E-state index contributed by atoms with van der Waals surface area (Å²) in [5, 5.41) is 0.0104. The molecule has 2 fully saturated rings. The Bertz CT molecular complexity index is 2020. The quantitative estimate of drug-likeness (QED) is 0.0599. The molecule has 0 N–H and O–H groups in total. The lowest BCUT2D eigenvalue weighted by Gasteiger charge is -2.49. The molecule has 4 aromatic rings. The summed E-state index contributed by atoms with van der Waals surface area (Å²) in [4.78, 5) is 0. The van der Waals surface area contributed by atoms with Crippen LogP contribution in [0.3, 0.4) is 0 Å². The van der Waals surface area contributed by atoms with Crippen LogP contribution in [-0.4, -0.2) is 90.1 Å². The molecule has 0 spiro atoms. The van der Waals surface area contributed by atoms with Crippen molar-refractivity contribution in [3.05, 3.63) is 144 Å². The number of benzene rings is 4. The average Bonchev–Trinajstić information content (AvgIpc) is 3.32. The van der Waals surface area contributed by atoms with Gasteiger partial charge in [0, 0.05) is 6.42 Å². The van der Waals surface area contributed by atoms with E-state index in [1.165, 1.54) is 0 Å². The van der Waals surface area contributed by atoms with Crippen molar-refractivity contribution >= 4 is 28.4 Å². The first-order chi connectivity index (χ1) is 33.0. The fraction of sp³-hybridized carbons (Fsp3) is 0.579. The van der Waals surface area contributed by atoms with Gasteiger partial charge in [0.2, 0.25) is 0 Å². The maximum Gasteiger partial charge on any atom is 0.200 e. The Kier molecular flexibility index (Phi) is 21.2. The molecule has 4 aromatic carbocycles. The molecule has 6 rings (SSSR count). The molecule has 12 heteroatoms. The Hall–Kier alpha value is -2.70. The van der Waals surface area contributed by atoms with Gasteiger partial charge in [0.25, 0.3) is 0 Å². The van der Waals surface area contributed by atoms with E-state index >= 15 is 0 Å². The maximum absolute atomic E-state index is 7.44. The number of ether oxygens (including phenoxy) is 7. The number of hydrogen-bond donors (Lipinski definition) is 0. The van der Waals surface area contributed by atoms with E-state index in [0.717, 1.165) is 28.0 Å². The molecule has 0 radical (unpaired) electrons. The highest BCUT2D eigenvalue weighted by molar-refractivity contribution is 7.99. The molecule has 0 amide bonds. The first kappa shape index (κ1) is 55.6. The Morgan fingerprint density at radius 1 is 0.536 bits per heavy atom. The SMILES string of the molecule is CCS[C@@H]1O[C@H](CO[Si](C)(C)C(C)(C)C)[C@@H](OCc2ccccc2)[C@H](OCc2ccccc2)[C@H]1O[C@@H]1C[C@H](OCc2ccccc2)[C@@H](OCc2ccccc2)[C@@H](CO[Si](C(C)C)(C(C)C)C(C)C)O1. The van der Waals surface area contributed by atoms with Crippen LogP contribution in [0.15, 0.2) is 121 Å². The van der Waals surface area contributed by atoms with Crippen molar-refractivity contribution in [3.8, 4) is 0 Å². The topological polar surface area (TPSA) is 83.1 Å². The first-order valence-electron chi connectivity index (χ1n) is 25.5. The number of thioether (sulfide) groups is 1. The minimum Gasteiger partial charge on any atom is -0.414 e. The summed E-state index contributed by atoms with van der Waals surface area (Å²) < 4.78 is 64.4. The molecule has 2 aliphatic heterocycles. The summed E-state index contributed by atoms with van der Waals surface area (Å²) in [7, 11) is -4.52. The predicted molar refractivity (Wildman–Crippen MR) is 285 cm³/mol. The number of rotatable bonds is 25. The third kappa shape index (κ3) is 15.2. The Morgan fingerprint density at radius 3 is 1.38 bits per heavy atom. The van der Waals surface area contributed by atoms with Gasteiger partial charge in [-0.15, -0.1) is 11.8 Å². The van der Waals surface area contributed by atoms with Crippen LogP contribution >= 0.6 is 11.8 Å². The van der Waals surface area contributed by atoms with Crippen molar-refractivity contribution in [2.24, 2.45) is 0 Å². The van der Waals surface area contributed by atoms with E-state index in [1.807, 2.05) is 72.8 Å². The van der Waals surface area contributed by atoms with Gasteiger partial charge in [-0.05, 0) is 62.8 Å². The molecule has 9 nitrogen and oxygen atoms in total. The van der Waals surface area contributed by atoms with Crippen molar-refractivity contribution in [3.63, 3.8) is 0 Å². The predicted octanol–water partition coefficient (Wildman–Crippen LogP) is 13.5. The van der Waals surface area contributed by atoms with Crippen molar-refractivity contribution in [2.45, 2.75) is 191 Å². The van der Waals surface area contributed by atoms with Crippen LogP contribution in [0.1, 0.15) is 97.9 Å². The lowest BCUT2D eigenvalue weighted by molar-refractivity contribution is -0.320. The molecule has 0 aromatic heterocycles. The summed E-state index contributed by atoms with van der Waals surface area (Å²) in [6.45, 7) is 29.7. The summed E-state index contributed by atoms with van der Waals surface area (Å²) in [5.74, 6) is 0.799. The molecule has 0 saturated carbocycles. The van der Waals surface area contributed by atoms with Gasteiger partial charge in [0.1, 0.15) is 42.1 Å². The van der Waals surface area contributed by atoms with Gasteiger partial charge in [-0.1, -0.05) is 191 Å². The van der Waals surface area contributed by atoms with Gasteiger partial charge in [-0.25, -0.2) is 0 Å². The molecule has 0 unspecified atom stereocenters. The lowest BCUT2D eigenvalue weighted by atomic mass is 9.98. The number of hydrogen-bond acceptors (Lipinski definition) is 10. The van der Waals surface area contributed by atoms with Crippen molar-refractivity contribution < 1.29 is 42.0 Å².